The van der Waals surface area contributed by atoms with Gasteiger partial charge in [0.25, 0.3) is 11.5 Å². The van der Waals surface area contributed by atoms with E-state index in [9.17, 15) is 5.21 Å². The lowest BCUT2D eigenvalue weighted by Crippen LogP contribution is -2.34. The van der Waals surface area contributed by atoms with E-state index >= 15 is 0 Å². The van der Waals surface area contributed by atoms with E-state index < -0.39 is 0 Å². The molecular formula is C12H17N5O. The van der Waals surface area contributed by atoms with Crippen molar-refractivity contribution in [1.29, 1.82) is 0 Å². The average molecular weight is 247 g/mol. The largest absolute Gasteiger partial charge is 0.594 e. The van der Waals surface area contributed by atoms with Gasteiger partial charge in [0.1, 0.15) is 5.52 Å². The molecule has 18 heavy (non-hydrogen) atoms. The van der Waals surface area contributed by atoms with Crippen molar-refractivity contribution in [2.24, 2.45) is 0 Å². The molecule has 2 rings (SSSR count). The van der Waals surface area contributed by atoms with Crippen LogP contribution in [0.4, 0.5) is 5.95 Å². The summed E-state index contributed by atoms with van der Waals surface area (Å²) in [4.78, 5) is 6.99. The summed E-state index contributed by atoms with van der Waals surface area (Å²) in [6, 6.07) is 5.49. The Labute approximate surface area is 106 Å². The number of aryl methyl sites for hydroxylation is 1. The van der Waals surface area contributed by atoms with E-state index in [0.717, 1.165) is 12.1 Å². The van der Waals surface area contributed by atoms with E-state index in [1.54, 1.807) is 6.07 Å². The number of aromatic nitrogens is 3. The van der Waals surface area contributed by atoms with Gasteiger partial charge < -0.3 is 15.4 Å². The van der Waals surface area contributed by atoms with Crippen molar-refractivity contribution in [2.75, 3.05) is 32.5 Å². The van der Waals surface area contributed by atoms with Crippen molar-refractivity contribution in [2.45, 2.75) is 6.92 Å². The van der Waals surface area contributed by atoms with Gasteiger partial charge in [0, 0.05) is 19.2 Å². The van der Waals surface area contributed by atoms with Crippen molar-refractivity contribution in [3.05, 3.63) is 29.0 Å². The summed E-state index contributed by atoms with van der Waals surface area (Å²) in [5.41, 5.74) is 2.21. The fourth-order valence-corrected chi connectivity index (χ4v) is 1.63. The molecule has 6 heteroatoms. The third-order valence-corrected chi connectivity index (χ3v) is 2.59. The highest BCUT2D eigenvalue weighted by atomic mass is 16.5. The molecule has 0 bridgehead atoms. The topological polar surface area (TPSA) is 68.0 Å². The Hall–Kier alpha value is -1.95. The molecule has 0 atom stereocenters. The molecule has 0 fully saturated rings. The zero-order chi connectivity index (χ0) is 13.1. The third-order valence-electron chi connectivity index (χ3n) is 2.59. The molecule has 0 unspecified atom stereocenters. The quantitative estimate of drug-likeness (QED) is 0.631. The molecule has 1 N–H and O–H groups in total. The number of nitrogens with one attached hydrogen (secondary N) is 1. The lowest BCUT2D eigenvalue weighted by Gasteiger charge is -2.09. The van der Waals surface area contributed by atoms with Gasteiger partial charge in [-0.15, -0.1) is 0 Å². The summed E-state index contributed by atoms with van der Waals surface area (Å²) in [6.07, 6.45) is 0. The van der Waals surface area contributed by atoms with Gasteiger partial charge in [-0.1, -0.05) is 6.07 Å². The van der Waals surface area contributed by atoms with Crippen molar-refractivity contribution in [1.82, 2.24) is 15.0 Å². The van der Waals surface area contributed by atoms with Crippen LogP contribution in [-0.4, -0.2) is 42.2 Å². The highest BCUT2D eigenvalue weighted by molar-refractivity contribution is 5.72. The summed E-state index contributed by atoms with van der Waals surface area (Å²) in [7, 11) is 3.97. The number of hydrogen-bond acceptors (Lipinski definition) is 5. The van der Waals surface area contributed by atoms with Crippen LogP contribution in [0, 0.1) is 12.1 Å². The third kappa shape index (κ3) is 2.84. The monoisotopic (exact) mass is 247 g/mol. The molecule has 6 nitrogen and oxygen atoms in total. The minimum atomic E-state index is 0.366. The van der Waals surface area contributed by atoms with Gasteiger partial charge in [-0.25, -0.2) is 4.98 Å². The fourth-order valence-electron chi connectivity index (χ4n) is 1.63. The van der Waals surface area contributed by atoms with Crippen LogP contribution < -0.4 is 10.2 Å². The lowest BCUT2D eigenvalue weighted by molar-refractivity contribution is -0.641. The molecule has 0 amide bonds. The first-order valence-electron chi connectivity index (χ1n) is 5.83. The standard InChI is InChI=1S/C12H17N5O/c1-9-4-5-11-10(8-9)14-12(15-17(11)18)13-6-7-16(2)3/h4-5,8H,6-7H2,1-3H3,(H,13,14,15). The Morgan fingerprint density at radius 3 is 2.89 bits per heavy atom. The Kier molecular flexibility index (Phi) is 3.57. The zero-order valence-corrected chi connectivity index (χ0v) is 10.8. The zero-order valence-electron chi connectivity index (χ0n) is 10.8. The number of fused-ring (bicyclic) bond motifs is 1. The Bertz CT molecular complexity index is 555. The molecule has 2 aromatic rings. The fraction of sp³-hybridized carbons (Fsp3) is 0.417. The molecule has 1 heterocycles. The smallest absolute Gasteiger partial charge is 0.290 e. The SMILES string of the molecule is Cc1ccc2c(c1)nc(NCCN(C)C)n[n+]2[O-]. The van der Waals surface area contributed by atoms with Gasteiger partial charge in [0.05, 0.1) is 5.10 Å². The van der Waals surface area contributed by atoms with Crippen LogP contribution in [0.2, 0.25) is 0 Å². The predicted octanol–water partition coefficient (Wildman–Crippen LogP) is 0.545. The number of hydrogen-bond donors (Lipinski definition) is 1. The first-order chi connectivity index (χ1) is 8.56. The highest BCUT2D eigenvalue weighted by Crippen LogP contribution is 2.10. The van der Waals surface area contributed by atoms with Crippen molar-refractivity contribution in [3.8, 4) is 0 Å². The van der Waals surface area contributed by atoms with E-state index in [0.29, 0.717) is 28.4 Å². The highest BCUT2D eigenvalue weighted by Gasteiger charge is 2.10. The number of anilines is 1. The molecule has 0 saturated heterocycles. The van der Waals surface area contributed by atoms with Gasteiger partial charge in [0.2, 0.25) is 0 Å². The molecule has 0 aliphatic rings. The van der Waals surface area contributed by atoms with Crippen LogP contribution in [0.5, 0.6) is 0 Å². The van der Waals surface area contributed by atoms with Crippen molar-refractivity contribution >= 4 is 17.0 Å². The second kappa shape index (κ2) is 5.14. The summed E-state index contributed by atoms with van der Waals surface area (Å²) < 4.78 is 0. The maximum atomic E-state index is 11.7. The van der Waals surface area contributed by atoms with Crippen LogP contribution in [0.3, 0.4) is 0 Å². The van der Waals surface area contributed by atoms with Gasteiger partial charge in [-0.2, -0.15) is 0 Å². The van der Waals surface area contributed by atoms with Gasteiger partial charge in [-0.3, -0.25) is 0 Å². The first kappa shape index (κ1) is 12.5. The second-order valence-corrected chi connectivity index (χ2v) is 4.53. The molecular weight excluding hydrogens is 230 g/mol. The van der Waals surface area contributed by atoms with E-state index in [-0.39, 0.29) is 0 Å². The lowest BCUT2D eigenvalue weighted by atomic mass is 10.2. The molecule has 1 aromatic carbocycles. The summed E-state index contributed by atoms with van der Waals surface area (Å²) in [5.74, 6) is 0.366. The van der Waals surface area contributed by atoms with Crippen LogP contribution >= 0.6 is 0 Å². The Morgan fingerprint density at radius 1 is 1.39 bits per heavy atom. The van der Waals surface area contributed by atoms with Crippen LogP contribution in [-0.2, 0) is 0 Å². The van der Waals surface area contributed by atoms with Crippen LogP contribution in [0.1, 0.15) is 5.56 Å². The maximum Gasteiger partial charge on any atom is 0.290 e. The molecule has 0 aliphatic carbocycles. The minimum absolute atomic E-state index is 0.366. The first-order valence-corrected chi connectivity index (χ1v) is 5.83. The molecule has 1 aromatic heterocycles. The molecule has 0 spiro atoms. The number of nitrogens with zero attached hydrogens (tertiary/aromatic N) is 4. The van der Waals surface area contributed by atoms with Crippen molar-refractivity contribution < 1.29 is 4.85 Å². The van der Waals surface area contributed by atoms with E-state index in [2.05, 4.69) is 15.4 Å². The van der Waals surface area contributed by atoms with Crippen LogP contribution in [0.25, 0.3) is 11.0 Å². The minimum Gasteiger partial charge on any atom is -0.594 e. The van der Waals surface area contributed by atoms with Crippen LogP contribution in [0.15, 0.2) is 18.2 Å². The molecule has 0 aliphatic heterocycles. The second-order valence-electron chi connectivity index (χ2n) is 4.53. The summed E-state index contributed by atoms with van der Waals surface area (Å²) in [6.45, 7) is 3.52. The van der Waals surface area contributed by atoms with Crippen molar-refractivity contribution in [3.63, 3.8) is 0 Å². The van der Waals surface area contributed by atoms with Gasteiger partial charge in [0.15, 0.2) is 0 Å². The molecule has 96 valence electrons. The number of likely N-dealkylation sites (N-methyl/N-ethyl adjacent to an activating group) is 1. The van der Waals surface area contributed by atoms with Gasteiger partial charge >= 0.3 is 0 Å². The average Bonchev–Trinajstić information content (AvgIpc) is 2.27. The molecule has 0 radical (unpaired) electrons. The summed E-state index contributed by atoms with van der Waals surface area (Å²) in [5, 5.41) is 18.6. The van der Waals surface area contributed by atoms with E-state index in [1.165, 1.54) is 0 Å². The van der Waals surface area contributed by atoms with E-state index in [4.69, 9.17) is 0 Å². The maximum absolute atomic E-state index is 11.7. The molecule has 0 saturated carbocycles. The van der Waals surface area contributed by atoms with E-state index in [1.807, 2.05) is 38.1 Å². The van der Waals surface area contributed by atoms with Gasteiger partial charge in [-0.05, 0) is 37.5 Å². The number of rotatable bonds is 4. The normalized spacial score (nSPS) is 11.1. The number of benzene rings is 1. The Morgan fingerprint density at radius 2 is 2.17 bits per heavy atom. The predicted molar refractivity (Wildman–Crippen MR) is 70.3 cm³/mol. The summed E-state index contributed by atoms with van der Waals surface area (Å²) >= 11 is 0. The Balaban J connectivity index is 2.24.